The molecule has 0 amide bonds. The number of hydrogen-bond acceptors (Lipinski definition) is 3. The molecule has 1 heterocycles. The molecule has 4 heteroatoms. The highest BCUT2D eigenvalue weighted by Crippen LogP contribution is 2.27. The number of nitrogens with one attached hydrogen (secondary N) is 1. The van der Waals surface area contributed by atoms with E-state index in [0.717, 1.165) is 22.2 Å². The molecule has 0 bridgehead atoms. The minimum absolute atomic E-state index is 0.314. The first-order chi connectivity index (χ1) is 10.3. The molecule has 0 aliphatic heterocycles. The average Bonchev–Trinajstić information content (AvgIpc) is 2.53. The lowest BCUT2D eigenvalue weighted by molar-refractivity contribution is 0.0699. The van der Waals surface area contributed by atoms with Gasteiger partial charge in [-0.2, -0.15) is 0 Å². The summed E-state index contributed by atoms with van der Waals surface area (Å²) in [7, 11) is 0. The van der Waals surface area contributed by atoms with E-state index >= 15 is 0 Å². The van der Waals surface area contributed by atoms with Gasteiger partial charge in [0.15, 0.2) is 0 Å². The molecule has 104 valence electrons. The van der Waals surface area contributed by atoms with Gasteiger partial charge in [0, 0.05) is 17.3 Å². The van der Waals surface area contributed by atoms with Crippen LogP contribution in [0.1, 0.15) is 16.1 Å². The fourth-order valence-electron chi connectivity index (χ4n) is 2.33. The first-order valence-electron chi connectivity index (χ1n) is 6.64. The van der Waals surface area contributed by atoms with Gasteiger partial charge in [0.2, 0.25) is 0 Å². The second-order valence-electron chi connectivity index (χ2n) is 4.69. The molecule has 21 heavy (non-hydrogen) atoms. The van der Waals surface area contributed by atoms with Crippen molar-refractivity contribution in [1.29, 1.82) is 0 Å². The minimum Gasteiger partial charge on any atom is -0.478 e. The van der Waals surface area contributed by atoms with Crippen molar-refractivity contribution in [3.05, 3.63) is 72.1 Å². The van der Waals surface area contributed by atoms with Crippen LogP contribution < -0.4 is 5.32 Å². The van der Waals surface area contributed by atoms with Gasteiger partial charge in [0.05, 0.1) is 17.8 Å². The predicted molar refractivity (Wildman–Crippen MR) is 82.5 cm³/mol. The van der Waals surface area contributed by atoms with Crippen LogP contribution in [0.15, 0.2) is 60.8 Å². The van der Waals surface area contributed by atoms with E-state index in [2.05, 4.69) is 10.3 Å². The SMILES string of the molecule is O=C(O)c1ccc(NCc2ccccn2)c2ccccc12. The van der Waals surface area contributed by atoms with Crippen molar-refractivity contribution < 1.29 is 9.90 Å². The smallest absolute Gasteiger partial charge is 0.336 e. The molecule has 0 saturated carbocycles. The summed E-state index contributed by atoms with van der Waals surface area (Å²) >= 11 is 0. The minimum atomic E-state index is -0.914. The first kappa shape index (κ1) is 13.1. The van der Waals surface area contributed by atoms with Gasteiger partial charge in [-0.25, -0.2) is 4.79 Å². The van der Waals surface area contributed by atoms with Crippen LogP contribution in [0.4, 0.5) is 5.69 Å². The third kappa shape index (κ3) is 2.69. The van der Waals surface area contributed by atoms with Gasteiger partial charge in [0.25, 0.3) is 0 Å². The van der Waals surface area contributed by atoms with Crippen LogP contribution >= 0.6 is 0 Å². The average molecular weight is 278 g/mol. The van der Waals surface area contributed by atoms with Gasteiger partial charge >= 0.3 is 5.97 Å². The molecule has 0 unspecified atom stereocenters. The van der Waals surface area contributed by atoms with Crippen LogP contribution in [0.2, 0.25) is 0 Å². The summed E-state index contributed by atoms with van der Waals surface area (Å²) in [6.45, 7) is 0.594. The summed E-state index contributed by atoms with van der Waals surface area (Å²) in [4.78, 5) is 15.5. The van der Waals surface area contributed by atoms with Crippen LogP contribution in [-0.4, -0.2) is 16.1 Å². The summed E-state index contributed by atoms with van der Waals surface area (Å²) in [6, 6.07) is 16.7. The number of nitrogens with zero attached hydrogens (tertiary/aromatic N) is 1. The molecule has 0 radical (unpaired) electrons. The lowest BCUT2D eigenvalue weighted by Gasteiger charge is -2.11. The molecule has 0 saturated heterocycles. The van der Waals surface area contributed by atoms with Crippen molar-refractivity contribution in [2.75, 3.05) is 5.32 Å². The Morgan fingerprint density at radius 1 is 1.00 bits per heavy atom. The number of pyridine rings is 1. The molecule has 0 fully saturated rings. The highest BCUT2D eigenvalue weighted by atomic mass is 16.4. The number of fused-ring (bicyclic) bond motifs is 1. The number of aromatic carboxylic acids is 1. The number of carboxylic acids is 1. The lowest BCUT2D eigenvalue weighted by Crippen LogP contribution is -2.03. The molecule has 3 aromatic rings. The number of hydrogen-bond donors (Lipinski definition) is 2. The zero-order chi connectivity index (χ0) is 14.7. The van der Waals surface area contributed by atoms with Gasteiger partial charge in [-0.1, -0.05) is 30.3 Å². The van der Waals surface area contributed by atoms with Crippen molar-refractivity contribution in [2.45, 2.75) is 6.54 Å². The van der Waals surface area contributed by atoms with E-state index in [1.807, 2.05) is 42.5 Å². The third-order valence-electron chi connectivity index (χ3n) is 3.34. The Kier molecular flexibility index (Phi) is 3.51. The molecule has 0 atom stereocenters. The molecule has 2 N–H and O–H groups in total. The topological polar surface area (TPSA) is 62.2 Å². The normalized spacial score (nSPS) is 10.5. The Morgan fingerprint density at radius 2 is 1.76 bits per heavy atom. The highest BCUT2D eigenvalue weighted by molar-refractivity contribution is 6.07. The zero-order valence-electron chi connectivity index (χ0n) is 11.3. The van der Waals surface area contributed by atoms with Crippen molar-refractivity contribution in [3.63, 3.8) is 0 Å². The van der Waals surface area contributed by atoms with E-state index in [1.165, 1.54) is 0 Å². The molecule has 3 rings (SSSR count). The summed E-state index contributed by atoms with van der Waals surface area (Å²) < 4.78 is 0. The van der Waals surface area contributed by atoms with Crippen molar-refractivity contribution in [3.8, 4) is 0 Å². The number of benzene rings is 2. The van der Waals surface area contributed by atoms with Gasteiger partial charge in [-0.05, 0) is 29.7 Å². The van der Waals surface area contributed by atoms with E-state index in [1.54, 1.807) is 18.3 Å². The van der Waals surface area contributed by atoms with Gasteiger partial charge < -0.3 is 10.4 Å². The van der Waals surface area contributed by atoms with Crippen molar-refractivity contribution in [1.82, 2.24) is 4.98 Å². The van der Waals surface area contributed by atoms with E-state index < -0.39 is 5.97 Å². The fraction of sp³-hybridized carbons (Fsp3) is 0.0588. The number of anilines is 1. The summed E-state index contributed by atoms with van der Waals surface area (Å²) in [5, 5.41) is 14.2. The number of aromatic nitrogens is 1. The van der Waals surface area contributed by atoms with E-state index in [-0.39, 0.29) is 0 Å². The largest absolute Gasteiger partial charge is 0.478 e. The molecule has 2 aromatic carbocycles. The van der Waals surface area contributed by atoms with Crippen LogP contribution in [0.25, 0.3) is 10.8 Å². The second-order valence-corrected chi connectivity index (χ2v) is 4.69. The standard InChI is InChI=1S/C17H14N2O2/c20-17(21)15-8-9-16(14-7-2-1-6-13(14)15)19-11-12-5-3-4-10-18-12/h1-10,19H,11H2,(H,20,21). The van der Waals surface area contributed by atoms with Crippen LogP contribution in [0.3, 0.4) is 0 Å². The number of carbonyl (C=O) groups is 1. The Bertz CT molecular complexity index is 785. The van der Waals surface area contributed by atoms with E-state index in [4.69, 9.17) is 0 Å². The second kappa shape index (κ2) is 5.63. The van der Waals surface area contributed by atoms with Gasteiger partial charge in [0.1, 0.15) is 0 Å². The van der Waals surface area contributed by atoms with E-state index in [0.29, 0.717) is 12.1 Å². The van der Waals surface area contributed by atoms with Gasteiger partial charge in [-0.3, -0.25) is 4.98 Å². The Hall–Kier alpha value is -2.88. The predicted octanol–water partition coefficient (Wildman–Crippen LogP) is 3.55. The maximum Gasteiger partial charge on any atom is 0.336 e. The van der Waals surface area contributed by atoms with Crippen LogP contribution in [0.5, 0.6) is 0 Å². The zero-order valence-corrected chi connectivity index (χ0v) is 11.3. The van der Waals surface area contributed by atoms with Gasteiger partial charge in [-0.15, -0.1) is 0 Å². The quantitative estimate of drug-likeness (QED) is 0.766. The maximum atomic E-state index is 11.3. The number of carboxylic acid groups (broad SMARTS) is 1. The highest BCUT2D eigenvalue weighted by Gasteiger charge is 2.10. The number of rotatable bonds is 4. The van der Waals surface area contributed by atoms with Crippen LogP contribution in [-0.2, 0) is 6.54 Å². The van der Waals surface area contributed by atoms with Crippen molar-refractivity contribution >= 4 is 22.4 Å². The summed E-state index contributed by atoms with van der Waals surface area (Å²) in [6.07, 6.45) is 1.75. The molecule has 0 aliphatic carbocycles. The molecule has 1 aromatic heterocycles. The van der Waals surface area contributed by atoms with Crippen LogP contribution in [0, 0.1) is 0 Å². The fourth-order valence-corrected chi connectivity index (χ4v) is 2.33. The lowest BCUT2D eigenvalue weighted by atomic mass is 10.0. The summed E-state index contributed by atoms with van der Waals surface area (Å²) in [5.41, 5.74) is 2.15. The van der Waals surface area contributed by atoms with E-state index in [9.17, 15) is 9.90 Å². The maximum absolute atomic E-state index is 11.3. The molecule has 0 spiro atoms. The molecular formula is C17H14N2O2. The third-order valence-corrected chi connectivity index (χ3v) is 3.34. The molecule has 4 nitrogen and oxygen atoms in total. The Balaban J connectivity index is 1.96. The summed E-state index contributed by atoms with van der Waals surface area (Å²) in [5.74, 6) is -0.914. The Labute approximate surface area is 122 Å². The first-order valence-corrected chi connectivity index (χ1v) is 6.64. The molecule has 0 aliphatic rings. The Morgan fingerprint density at radius 3 is 2.48 bits per heavy atom. The monoisotopic (exact) mass is 278 g/mol. The molecular weight excluding hydrogens is 264 g/mol. The van der Waals surface area contributed by atoms with Crippen molar-refractivity contribution in [2.24, 2.45) is 0 Å².